The number of rotatable bonds is 8. The number of amides is 1. The lowest BCUT2D eigenvalue weighted by molar-refractivity contribution is -0.116. The van der Waals surface area contributed by atoms with E-state index in [0.29, 0.717) is 17.3 Å². The van der Waals surface area contributed by atoms with Crippen LogP contribution in [0.25, 0.3) is 5.69 Å². The second-order valence-electron chi connectivity index (χ2n) is 8.63. The van der Waals surface area contributed by atoms with Crippen LogP contribution in [0.15, 0.2) is 91.3 Å². The number of hydrogen-bond donors (Lipinski definition) is 2. The quantitative estimate of drug-likeness (QED) is 0.321. The third-order valence-corrected chi connectivity index (χ3v) is 6.69. The van der Waals surface area contributed by atoms with Crippen molar-refractivity contribution in [3.05, 3.63) is 108 Å². The highest BCUT2D eigenvalue weighted by atomic mass is 32.1. The number of carbonyl (C=O) groups is 1. The molecule has 0 radical (unpaired) electrons. The summed E-state index contributed by atoms with van der Waals surface area (Å²) in [5, 5.41) is 6.80. The number of nitrogens with zero attached hydrogens (tertiary/aromatic N) is 3. The average Bonchev–Trinajstić information content (AvgIpc) is 3.53. The van der Waals surface area contributed by atoms with Crippen LogP contribution >= 0.6 is 12.2 Å². The van der Waals surface area contributed by atoms with Gasteiger partial charge in [-0.05, 0) is 85.0 Å². The molecule has 3 heterocycles. The van der Waals surface area contributed by atoms with Crippen LogP contribution in [-0.2, 0) is 4.79 Å². The zero-order valence-electron chi connectivity index (χ0n) is 20.2. The highest BCUT2D eigenvalue weighted by Crippen LogP contribution is 2.39. The van der Waals surface area contributed by atoms with Crippen LogP contribution in [0.4, 0.5) is 10.1 Å². The highest BCUT2D eigenvalue weighted by molar-refractivity contribution is 7.80. The summed E-state index contributed by atoms with van der Waals surface area (Å²) >= 11 is 5.75. The number of halogens is 1. The van der Waals surface area contributed by atoms with Gasteiger partial charge in [0.1, 0.15) is 11.6 Å². The van der Waals surface area contributed by atoms with E-state index < -0.39 is 0 Å². The van der Waals surface area contributed by atoms with E-state index >= 15 is 0 Å². The molecular weight excluding hydrogens is 489 g/mol. The Labute approximate surface area is 219 Å². The maximum Gasteiger partial charge on any atom is 0.226 e. The number of nitrogens with one attached hydrogen (secondary N) is 2. The Morgan fingerprint density at radius 3 is 2.57 bits per heavy atom. The fourth-order valence-electron chi connectivity index (χ4n) is 4.56. The predicted molar refractivity (Wildman–Crippen MR) is 144 cm³/mol. The summed E-state index contributed by atoms with van der Waals surface area (Å²) in [6.45, 7) is 0.390. The fraction of sp³-hybridized carbons (Fsp3) is 0.179. The molecule has 7 nitrogen and oxygen atoms in total. The molecule has 0 aliphatic carbocycles. The van der Waals surface area contributed by atoms with Crippen molar-refractivity contribution in [1.82, 2.24) is 19.8 Å². The van der Waals surface area contributed by atoms with Crippen molar-refractivity contribution in [2.45, 2.75) is 18.5 Å². The molecule has 2 atom stereocenters. The number of hydrogen-bond acceptors (Lipinski definition) is 4. The van der Waals surface area contributed by atoms with Crippen molar-refractivity contribution in [3.8, 4) is 11.4 Å². The van der Waals surface area contributed by atoms with Gasteiger partial charge in [-0.1, -0.05) is 6.07 Å². The number of methoxy groups -OCH3 is 1. The number of aromatic nitrogens is 2. The van der Waals surface area contributed by atoms with Gasteiger partial charge in [-0.25, -0.2) is 4.39 Å². The summed E-state index contributed by atoms with van der Waals surface area (Å²) in [7, 11) is 1.64. The Morgan fingerprint density at radius 2 is 1.86 bits per heavy atom. The van der Waals surface area contributed by atoms with Gasteiger partial charge in [-0.3, -0.25) is 9.78 Å². The summed E-state index contributed by atoms with van der Waals surface area (Å²) in [6, 6.07) is 23.0. The van der Waals surface area contributed by atoms with E-state index in [1.165, 1.54) is 24.3 Å². The van der Waals surface area contributed by atoms with Crippen molar-refractivity contribution >= 4 is 28.9 Å². The monoisotopic (exact) mass is 515 g/mol. The Hall–Kier alpha value is -4.24. The fourth-order valence-corrected chi connectivity index (χ4v) is 4.89. The lowest BCUT2D eigenvalue weighted by Crippen LogP contribution is -2.33. The SMILES string of the molecule is COc1ccc(-n2cccc2C2C(c3ccccn3)NC(=S)N2CCC(=O)Nc2ccc(F)cc2)cc1. The second kappa shape index (κ2) is 10.8. The molecule has 1 aliphatic rings. The van der Waals surface area contributed by atoms with Gasteiger partial charge in [0.25, 0.3) is 0 Å². The van der Waals surface area contributed by atoms with E-state index in [4.69, 9.17) is 17.0 Å². The normalized spacial score (nSPS) is 16.9. The Balaban J connectivity index is 1.43. The summed E-state index contributed by atoms with van der Waals surface area (Å²) < 4.78 is 20.6. The summed E-state index contributed by atoms with van der Waals surface area (Å²) in [5.74, 6) is 0.246. The van der Waals surface area contributed by atoms with Crippen molar-refractivity contribution in [1.29, 1.82) is 0 Å². The first-order chi connectivity index (χ1) is 18.0. The number of anilines is 1. The minimum Gasteiger partial charge on any atom is -0.497 e. The van der Waals surface area contributed by atoms with Crippen LogP contribution in [0.5, 0.6) is 5.75 Å². The summed E-state index contributed by atoms with van der Waals surface area (Å²) in [5.41, 5.74) is 3.39. The zero-order chi connectivity index (χ0) is 25.8. The van der Waals surface area contributed by atoms with Gasteiger partial charge >= 0.3 is 0 Å². The predicted octanol–water partition coefficient (Wildman–Crippen LogP) is 5.02. The lowest BCUT2D eigenvalue weighted by atomic mass is 10.0. The molecule has 37 heavy (non-hydrogen) atoms. The molecule has 1 saturated heterocycles. The number of carbonyl (C=O) groups excluding carboxylic acids is 1. The average molecular weight is 516 g/mol. The lowest BCUT2D eigenvalue weighted by Gasteiger charge is -2.29. The molecule has 1 fully saturated rings. The van der Waals surface area contributed by atoms with E-state index in [-0.39, 0.29) is 30.2 Å². The molecule has 1 amide bonds. The molecule has 2 unspecified atom stereocenters. The Kier molecular flexibility index (Phi) is 7.14. The molecule has 4 aromatic rings. The maximum atomic E-state index is 13.2. The van der Waals surface area contributed by atoms with Crippen LogP contribution in [-0.4, -0.2) is 39.1 Å². The third-order valence-electron chi connectivity index (χ3n) is 6.34. The van der Waals surface area contributed by atoms with E-state index in [9.17, 15) is 9.18 Å². The molecule has 0 spiro atoms. The minimum absolute atomic E-state index is 0.181. The van der Waals surface area contributed by atoms with Crippen molar-refractivity contribution < 1.29 is 13.9 Å². The van der Waals surface area contributed by atoms with Crippen LogP contribution in [0, 0.1) is 5.82 Å². The summed E-state index contributed by atoms with van der Waals surface area (Å²) in [4.78, 5) is 19.4. The molecule has 0 bridgehead atoms. The van der Waals surface area contributed by atoms with E-state index in [2.05, 4.69) is 26.3 Å². The Morgan fingerprint density at radius 1 is 1.08 bits per heavy atom. The molecule has 5 rings (SSSR count). The zero-order valence-corrected chi connectivity index (χ0v) is 21.0. The number of pyridine rings is 1. The number of thiocarbonyl (C=S) groups is 1. The second-order valence-corrected chi connectivity index (χ2v) is 9.01. The van der Waals surface area contributed by atoms with Crippen LogP contribution in [0.2, 0.25) is 0 Å². The third kappa shape index (κ3) is 5.31. The molecular formula is C28H26FN5O2S. The van der Waals surface area contributed by atoms with Crippen LogP contribution < -0.4 is 15.4 Å². The van der Waals surface area contributed by atoms with Crippen LogP contribution in [0.1, 0.15) is 29.9 Å². The van der Waals surface area contributed by atoms with Crippen molar-refractivity contribution in [3.63, 3.8) is 0 Å². The molecule has 2 aromatic carbocycles. The topological polar surface area (TPSA) is 71.4 Å². The first kappa shape index (κ1) is 24.5. The first-order valence-electron chi connectivity index (χ1n) is 11.9. The Bertz CT molecular complexity index is 1380. The van der Waals surface area contributed by atoms with Crippen molar-refractivity contribution in [2.75, 3.05) is 19.0 Å². The van der Waals surface area contributed by atoms with E-state index in [0.717, 1.165) is 22.8 Å². The molecule has 188 valence electrons. The van der Waals surface area contributed by atoms with E-state index in [1.54, 1.807) is 13.3 Å². The largest absolute Gasteiger partial charge is 0.497 e. The molecule has 0 saturated carbocycles. The number of ether oxygens (including phenoxy) is 1. The molecule has 9 heteroatoms. The van der Waals surface area contributed by atoms with Gasteiger partial charge < -0.3 is 24.8 Å². The van der Waals surface area contributed by atoms with Gasteiger partial charge in [0.2, 0.25) is 5.91 Å². The summed E-state index contributed by atoms with van der Waals surface area (Å²) in [6.07, 6.45) is 3.97. The number of benzene rings is 2. The first-order valence-corrected chi connectivity index (χ1v) is 12.3. The molecule has 2 aromatic heterocycles. The van der Waals surface area contributed by atoms with Gasteiger partial charge in [0.05, 0.1) is 24.9 Å². The highest BCUT2D eigenvalue weighted by Gasteiger charge is 2.41. The van der Waals surface area contributed by atoms with Crippen LogP contribution in [0.3, 0.4) is 0 Å². The van der Waals surface area contributed by atoms with Gasteiger partial charge in [-0.15, -0.1) is 0 Å². The van der Waals surface area contributed by atoms with Gasteiger partial charge in [0.15, 0.2) is 5.11 Å². The van der Waals surface area contributed by atoms with Crippen molar-refractivity contribution in [2.24, 2.45) is 0 Å². The van der Waals surface area contributed by atoms with Gasteiger partial charge in [0, 0.05) is 42.4 Å². The van der Waals surface area contributed by atoms with E-state index in [1.807, 2.05) is 59.6 Å². The molecule has 2 N–H and O–H groups in total. The molecule has 1 aliphatic heterocycles. The standard InChI is InChI=1S/C28H26FN5O2S/c1-36-22-13-11-21(12-14-22)33-17-4-6-24(33)27-26(23-5-2-3-16-30-23)32-28(37)34(27)18-15-25(35)31-20-9-7-19(29)8-10-20/h2-14,16-17,26-27H,15,18H2,1H3,(H,31,35)(H,32,37). The minimum atomic E-state index is -0.352. The maximum absolute atomic E-state index is 13.2. The van der Waals surface area contributed by atoms with Gasteiger partial charge in [-0.2, -0.15) is 0 Å². The smallest absolute Gasteiger partial charge is 0.226 e.